The third-order valence-corrected chi connectivity index (χ3v) is 3.73. The highest BCUT2D eigenvalue weighted by Gasteiger charge is 2.07. The average Bonchev–Trinajstić information content (AvgIpc) is 2.91. The molecule has 8 heteroatoms. The number of nitrogens with zero attached hydrogens (tertiary/aromatic N) is 5. The van der Waals surface area contributed by atoms with Gasteiger partial charge in [-0.05, 0) is 24.6 Å². The Hall–Kier alpha value is -1.16. The SMILES string of the molecule is CCNC(=NCc1nncn1C)N(C)Cc1ccc(Br)cc1.I. The summed E-state index contributed by atoms with van der Waals surface area (Å²) in [5, 5.41) is 11.2. The number of aromatic nitrogens is 3. The molecule has 0 aliphatic carbocycles. The van der Waals surface area contributed by atoms with E-state index in [0.29, 0.717) is 6.54 Å². The first-order valence-electron chi connectivity index (χ1n) is 7.17. The van der Waals surface area contributed by atoms with Gasteiger partial charge in [0.05, 0.1) is 0 Å². The summed E-state index contributed by atoms with van der Waals surface area (Å²) in [6, 6.07) is 8.30. The van der Waals surface area contributed by atoms with Crippen molar-refractivity contribution < 1.29 is 0 Å². The van der Waals surface area contributed by atoms with E-state index in [1.807, 2.05) is 30.8 Å². The van der Waals surface area contributed by atoms with E-state index in [0.717, 1.165) is 29.3 Å². The maximum Gasteiger partial charge on any atom is 0.194 e. The minimum atomic E-state index is 0. The largest absolute Gasteiger partial charge is 0.357 e. The first-order valence-corrected chi connectivity index (χ1v) is 7.96. The minimum absolute atomic E-state index is 0. The molecule has 0 radical (unpaired) electrons. The van der Waals surface area contributed by atoms with Crippen molar-refractivity contribution in [2.24, 2.45) is 12.0 Å². The summed E-state index contributed by atoms with van der Waals surface area (Å²) in [5.74, 6) is 1.70. The van der Waals surface area contributed by atoms with Gasteiger partial charge in [0, 0.05) is 31.7 Å². The molecule has 1 aromatic carbocycles. The molecule has 0 unspecified atom stereocenters. The fourth-order valence-corrected chi connectivity index (χ4v) is 2.27. The first kappa shape index (κ1) is 19.9. The van der Waals surface area contributed by atoms with Crippen molar-refractivity contribution in [2.45, 2.75) is 20.0 Å². The van der Waals surface area contributed by atoms with Crippen LogP contribution in [0.25, 0.3) is 0 Å². The molecule has 23 heavy (non-hydrogen) atoms. The zero-order valence-electron chi connectivity index (χ0n) is 13.5. The van der Waals surface area contributed by atoms with E-state index in [4.69, 9.17) is 0 Å². The number of nitrogens with one attached hydrogen (secondary N) is 1. The van der Waals surface area contributed by atoms with E-state index >= 15 is 0 Å². The van der Waals surface area contributed by atoms with Gasteiger partial charge in [-0.3, -0.25) is 0 Å². The molecule has 0 spiro atoms. The predicted molar refractivity (Wildman–Crippen MR) is 107 cm³/mol. The predicted octanol–water partition coefficient (Wildman–Crippen LogP) is 2.79. The molecule has 0 aliphatic rings. The van der Waals surface area contributed by atoms with Crippen molar-refractivity contribution in [3.8, 4) is 0 Å². The number of halogens is 2. The number of rotatable bonds is 5. The topological polar surface area (TPSA) is 58.3 Å². The lowest BCUT2D eigenvalue weighted by atomic mass is 10.2. The Morgan fingerprint density at radius 2 is 2.04 bits per heavy atom. The van der Waals surface area contributed by atoms with Crippen LogP contribution in [-0.4, -0.2) is 39.2 Å². The van der Waals surface area contributed by atoms with Gasteiger partial charge in [0.2, 0.25) is 0 Å². The van der Waals surface area contributed by atoms with Crippen LogP contribution in [0.1, 0.15) is 18.3 Å². The van der Waals surface area contributed by atoms with Crippen LogP contribution in [0, 0.1) is 0 Å². The molecule has 1 aromatic heterocycles. The molecular weight excluding hydrogens is 471 g/mol. The van der Waals surface area contributed by atoms with Gasteiger partial charge in [-0.1, -0.05) is 28.1 Å². The Kier molecular flexibility index (Phi) is 8.53. The molecule has 0 aliphatic heterocycles. The lowest BCUT2D eigenvalue weighted by molar-refractivity contribution is 0.476. The summed E-state index contributed by atoms with van der Waals surface area (Å²) in [6.07, 6.45) is 1.68. The third kappa shape index (κ3) is 6.09. The van der Waals surface area contributed by atoms with E-state index in [9.17, 15) is 0 Å². The van der Waals surface area contributed by atoms with Crippen LogP contribution in [0.3, 0.4) is 0 Å². The van der Waals surface area contributed by atoms with Gasteiger partial charge in [-0.15, -0.1) is 34.2 Å². The summed E-state index contributed by atoms with van der Waals surface area (Å²) in [5.41, 5.74) is 1.23. The number of hydrogen-bond donors (Lipinski definition) is 1. The second-order valence-corrected chi connectivity index (χ2v) is 5.93. The van der Waals surface area contributed by atoms with Crippen molar-refractivity contribution >= 4 is 45.9 Å². The Labute approximate surface area is 162 Å². The second kappa shape index (κ2) is 9.86. The van der Waals surface area contributed by atoms with Gasteiger partial charge in [0.1, 0.15) is 12.9 Å². The standard InChI is InChI=1S/C15H21BrN6.HI/c1-4-17-15(18-9-14-20-19-11-22(14)3)21(2)10-12-5-7-13(16)8-6-12;/h5-8,11H,4,9-10H2,1-3H3,(H,17,18);1H. The number of benzene rings is 1. The Morgan fingerprint density at radius 3 is 2.61 bits per heavy atom. The van der Waals surface area contributed by atoms with Crippen molar-refractivity contribution in [3.63, 3.8) is 0 Å². The van der Waals surface area contributed by atoms with Crippen LogP contribution < -0.4 is 5.32 Å². The number of aliphatic imine (C=N–C) groups is 1. The molecule has 0 saturated heterocycles. The highest BCUT2D eigenvalue weighted by molar-refractivity contribution is 14.0. The smallest absolute Gasteiger partial charge is 0.194 e. The Morgan fingerprint density at radius 1 is 1.35 bits per heavy atom. The van der Waals surface area contributed by atoms with Crippen LogP contribution in [0.2, 0.25) is 0 Å². The monoisotopic (exact) mass is 492 g/mol. The van der Waals surface area contributed by atoms with Gasteiger partial charge in [0.15, 0.2) is 11.8 Å². The molecule has 2 aromatic rings. The number of aryl methyl sites for hydroxylation is 1. The molecule has 0 atom stereocenters. The zero-order valence-corrected chi connectivity index (χ0v) is 17.4. The fraction of sp³-hybridized carbons (Fsp3) is 0.400. The van der Waals surface area contributed by atoms with Crippen LogP contribution in [0.4, 0.5) is 0 Å². The molecule has 0 amide bonds. The second-order valence-electron chi connectivity index (χ2n) is 5.01. The van der Waals surface area contributed by atoms with Gasteiger partial charge in [0.25, 0.3) is 0 Å². The van der Waals surface area contributed by atoms with Crippen molar-refractivity contribution in [3.05, 3.63) is 46.5 Å². The van der Waals surface area contributed by atoms with E-state index in [1.165, 1.54) is 5.56 Å². The van der Waals surface area contributed by atoms with Gasteiger partial charge in [-0.25, -0.2) is 4.99 Å². The van der Waals surface area contributed by atoms with Gasteiger partial charge >= 0.3 is 0 Å². The van der Waals surface area contributed by atoms with Crippen LogP contribution >= 0.6 is 39.9 Å². The van der Waals surface area contributed by atoms with Crippen molar-refractivity contribution in [1.82, 2.24) is 25.0 Å². The maximum atomic E-state index is 4.63. The average molecular weight is 493 g/mol. The van der Waals surface area contributed by atoms with Crippen molar-refractivity contribution in [1.29, 1.82) is 0 Å². The van der Waals surface area contributed by atoms with Crippen LogP contribution in [0.5, 0.6) is 0 Å². The molecule has 0 saturated carbocycles. The van der Waals surface area contributed by atoms with E-state index in [2.05, 4.69) is 60.4 Å². The van der Waals surface area contributed by atoms with E-state index < -0.39 is 0 Å². The van der Waals surface area contributed by atoms with E-state index in [1.54, 1.807) is 6.33 Å². The third-order valence-electron chi connectivity index (χ3n) is 3.20. The molecule has 0 bridgehead atoms. The molecule has 126 valence electrons. The lowest BCUT2D eigenvalue weighted by Gasteiger charge is -2.22. The lowest BCUT2D eigenvalue weighted by Crippen LogP contribution is -2.38. The minimum Gasteiger partial charge on any atom is -0.357 e. The summed E-state index contributed by atoms with van der Waals surface area (Å²) in [6.45, 7) is 4.18. The highest BCUT2D eigenvalue weighted by atomic mass is 127. The molecule has 0 fully saturated rings. The normalized spacial score (nSPS) is 11.0. The molecule has 1 heterocycles. The Balaban J connectivity index is 0.00000264. The first-order chi connectivity index (χ1) is 10.6. The molecule has 2 rings (SSSR count). The zero-order chi connectivity index (χ0) is 15.9. The highest BCUT2D eigenvalue weighted by Crippen LogP contribution is 2.12. The van der Waals surface area contributed by atoms with Crippen molar-refractivity contribution in [2.75, 3.05) is 13.6 Å². The maximum absolute atomic E-state index is 4.63. The number of guanidine groups is 1. The summed E-state index contributed by atoms with van der Waals surface area (Å²) >= 11 is 3.45. The molecular formula is C15H22BrIN6. The molecule has 1 N–H and O–H groups in total. The number of hydrogen-bond acceptors (Lipinski definition) is 3. The summed E-state index contributed by atoms with van der Waals surface area (Å²) < 4.78 is 2.96. The van der Waals surface area contributed by atoms with Gasteiger partial charge in [-0.2, -0.15) is 0 Å². The van der Waals surface area contributed by atoms with Gasteiger partial charge < -0.3 is 14.8 Å². The summed E-state index contributed by atoms with van der Waals surface area (Å²) in [4.78, 5) is 6.73. The fourth-order valence-electron chi connectivity index (χ4n) is 2.00. The molecule has 6 nitrogen and oxygen atoms in total. The van der Waals surface area contributed by atoms with Crippen LogP contribution in [0.15, 0.2) is 40.1 Å². The Bertz CT molecular complexity index is 625. The van der Waals surface area contributed by atoms with Crippen LogP contribution in [-0.2, 0) is 20.1 Å². The van der Waals surface area contributed by atoms with E-state index in [-0.39, 0.29) is 24.0 Å². The quantitative estimate of drug-likeness (QED) is 0.396. The summed E-state index contributed by atoms with van der Waals surface area (Å²) in [7, 11) is 3.95.